The second-order valence-electron chi connectivity index (χ2n) is 4.51. The van der Waals surface area contributed by atoms with Gasteiger partial charge in [0.15, 0.2) is 18.5 Å². The minimum atomic E-state index is -1.68. The monoisotopic (exact) mass is 306 g/mol. The lowest BCUT2D eigenvalue weighted by Crippen LogP contribution is -2.61. The molecular formula is C12H18O9. The topological polar surface area (TPSA) is 129 Å². The Hall–Kier alpha value is -1.71. The first-order valence-electron chi connectivity index (χ1n) is 6.21. The van der Waals surface area contributed by atoms with Crippen LogP contribution in [0.25, 0.3) is 0 Å². The molecule has 9 nitrogen and oxygen atoms in total. The number of hydrogen-bond acceptors (Lipinski definition) is 9. The first-order chi connectivity index (χ1) is 9.72. The van der Waals surface area contributed by atoms with Crippen molar-refractivity contribution in [1.29, 1.82) is 0 Å². The number of aliphatic hydroxyl groups is 2. The van der Waals surface area contributed by atoms with Gasteiger partial charge in [0.1, 0.15) is 18.8 Å². The van der Waals surface area contributed by atoms with E-state index in [1.165, 1.54) is 6.92 Å². The van der Waals surface area contributed by atoms with Crippen LogP contribution < -0.4 is 0 Å². The molecule has 0 bridgehead atoms. The summed E-state index contributed by atoms with van der Waals surface area (Å²) >= 11 is 0. The molecule has 0 aromatic heterocycles. The zero-order valence-corrected chi connectivity index (χ0v) is 11.8. The van der Waals surface area contributed by atoms with Gasteiger partial charge in [-0.1, -0.05) is 0 Å². The molecule has 1 aliphatic heterocycles. The maximum atomic E-state index is 11.1. The van der Waals surface area contributed by atoms with E-state index in [9.17, 15) is 24.6 Å². The number of hydrogen-bond donors (Lipinski definition) is 2. The number of ether oxygens (including phenoxy) is 4. The summed E-state index contributed by atoms with van der Waals surface area (Å²) in [7, 11) is 0. The van der Waals surface area contributed by atoms with Crippen molar-refractivity contribution in [1.82, 2.24) is 0 Å². The van der Waals surface area contributed by atoms with Gasteiger partial charge < -0.3 is 29.2 Å². The average molecular weight is 306 g/mol. The van der Waals surface area contributed by atoms with Crippen LogP contribution in [-0.4, -0.2) is 65.4 Å². The third-order valence-electron chi connectivity index (χ3n) is 2.69. The fraction of sp³-hybridized carbons (Fsp3) is 0.750. The highest BCUT2D eigenvalue weighted by Crippen LogP contribution is 2.25. The molecule has 1 rings (SSSR count). The van der Waals surface area contributed by atoms with Crippen molar-refractivity contribution in [2.24, 2.45) is 0 Å². The van der Waals surface area contributed by atoms with Crippen LogP contribution in [0.5, 0.6) is 0 Å². The Morgan fingerprint density at radius 3 is 1.95 bits per heavy atom. The Labute approximate surface area is 120 Å². The molecule has 0 unspecified atom stereocenters. The molecule has 9 heteroatoms. The van der Waals surface area contributed by atoms with Crippen LogP contribution in [0.4, 0.5) is 0 Å². The molecule has 0 saturated carbocycles. The van der Waals surface area contributed by atoms with Crippen molar-refractivity contribution in [3.8, 4) is 0 Å². The van der Waals surface area contributed by atoms with E-state index >= 15 is 0 Å². The van der Waals surface area contributed by atoms with E-state index in [0.29, 0.717) is 0 Å². The maximum Gasteiger partial charge on any atom is 0.303 e. The molecule has 0 spiro atoms. The maximum absolute atomic E-state index is 11.1. The Morgan fingerprint density at radius 1 is 0.952 bits per heavy atom. The fourth-order valence-corrected chi connectivity index (χ4v) is 1.90. The second kappa shape index (κ2) is 7.34. The summed E-state index contributed by atoms with van der Waals surface area (Å²) in [6, 6.07) is 0. The number of aliphatic hydroxyl groups excluding tert-OH is 2. The van der Waals surface area contributed by atoms with Gasteiger partial charge >= 0.3 is 17.9 Å². The Kier molecular flexibility index (Phi) is 6.06. The number of esters is 3. The van der Waals surface area contributed by atoms with Crippen LogP contribution in [0.15, 0.2) is 0 Å². The van der Waals surface area contributed by atoms with Crippen LogP contribution in [0.1, 0.15) is 20.8 Å². The van der Waals surface area contributed by atoms with Gasteiger partial charge in [0.2, 0.25) is 0 Å². The molecule has 0 amide bonds. The summed E-state index contributed by atoms with van der Waals surface area (Å²) in [5.41, 5.74) is 0. The fourth-order valence-electron chi connectivity index (χ4n) is 1.90. The SMILES string of the molecule is CC(=O)OC[C@H]1O[C@H](O)[C@@H](O)[C@@H](OC(C)=O)[C@H]1OC(C)=O. The number of carbonyl (C=O) groups excluding carboxylic acids is 3. The molecule has 120 valence electrons. The lowest BCUT2D eigenvalue weighted by atomic mass is 9.98. The summed E-state index contributed by atoms with van der Waals surface area (Å²) < 4.78 is 19.6. The highest BCUT2D eigenvalue weighted by atomic mass is 16.7. The molecule has 1 aliphatic rings. The van der Waals surface area contributed by atoms with Gasteiger partial charge in [-0.25, -0.2) is 0 Å². The van der Waals surface area contributed by atoms with Crippen LogP contribution in [0.3, 0.4) is 0 Å². The van der Waals surface area contributed by atoms with Gasteiger partial charge in [-0.05, 0) is 0 Å². The molecule has 1 saturated heterocycles. The highest BCUT2D eigenvalue weighted by molar-refractivity contribution is 5.67. The summed E-state index contributed by atoms with van der Waals surface area (Å²) in [5.74, 6) is -2.06. The third kappa shape index (κ3) is 4.96. The van der Waals surface area contributed by atoms with Crippen molar-refractivity contribution in [2.75, 3.05) is 6.61 Å². The van der Waals surface area contributed by atoms with Gasteiger partial charge in [-0.15, -0.1) is 0 Å². The minimum Gasteiger partial charge on any atom is -0.463 e. The van der Waals surface area contributed by atoms with Gasteiger partial charge in [0.25, 0.3) is 0 Å². The van der Waals surface area contributed by atoms with Crippen LogP contribution in [-0.2, 0) is 33.3 Å². The van der Waals surface area contributed by atoms with Gasteiger partial charge in [-0.3, -0.25) is 14.4 Å². The standard InChI is InChI=1S/C12H18O9/c1-5(13)18-4-8-10(19-6(2)14)11(20-7(3)15)9(16)12(17)21-8/h8-12,16-17H,4H2,1-3H3/t8-,9+,10+,11-,12+/m1/s1. The number of carbonyl (C=O) groups is 3. The predicted octanol–water partition coefficient (Wildman–Crippen LogP) is -1.51. The quantitative estimate of drug-likeness (QED) is 0.470. The van der Waals surface area contributed by atoms with Crippen molar-refractivity contribution in [2.45, 2.75) is 51.5 Å². The molecule has 1 fully saturated rings. The first-order valence-corrected chi connectivity index (χ1v) is 6.21. The van der Waals surface area contributed by atoms with Crippen LogP contribution >= 0.6 is 0 Å². The smallest absolute Gasteiger partial charge is 0.303 e. The molecule has 5 atom stereocenters. The summed E-state index contributed by atoms with van der Waals surface area (Å²) in [4.78, 5) is 33.1. The minimum absolute atomic E-state index is 0.338. The summed E-state index contributed by atoms with van der Waals surface area (Å²) in [6.45, 7) is 3.04. The van der Waals surface area contributed by atoms with Crippen molar-refractivity contribution in [3.05, 3.63) is 0 Å². The third-order valence-corrected chi connectivity index (χ3v) is 2.69. The average Bonchev–Trinajstić information content (AvgIpc) is 2.35. The van der Waals surface area contributed by atoms with E-state index in [0.717, 1.165) is 13.8 Å². The van der Waals surface area contributed by atoms with E-state index in [-0.39, 0.29) is 6.61 Å². The molecule has 2 N–H and O–H groups in total. The molecule has 0 radical (unpaired) electrons. The zero-order chi connectivity index (χ0) is 16.2. The van der Waals surface area contributed by atoms with E-state index in [1.54, 1.807) is 0 Å². The number of rotatable bonds is 4. The summed E-state index contributed by atoms with van der Waals surface area (Å²) in [5, 5.41) is 19.4. The van der Waals surface area contributed by atoms with E-state index < -0.39 is 48.6 Å². The first kappa shape index (κ1) is 17.3. The Balaban J connectivity index is 2.94. The molecule has 0 aliphatic carbocycles. The van der Waals surface area contributed by atoms with Gasteiger partial charge in [-0.2, -0.15) is 0 Å². The van der Waals surface area contributed by atoms with Gasteiger partial charge in [0.05, 0.1) is 0 Å². The largest absolute Gasteiger partial charge is 0.463 e. The lowest BCUT2D eigenvalue weighted by Gasteiger charge is -2.41. The molecule has 1 heterocycles. The van der Waals surface area contributed by atoms with Crippen molar-refractivity contribution >= 4 is 17.9 Å². The van der Waals surface area contributed by atoms with Crippen molar-refractivity contribution < 1.29 is 43.5 Å². The second-order valence-corrected chi connectivity index (χ2v) is 4.51. The van der Waals surface area contributed by atoms with Gasteiger partial charge in [0, 0.05) is 20.8 Å². The van der Waals surface area contributed by atoms with Crippen LogP contribution in [0, 0.1) is 0 Å². The Morgan fingerprint density at radius 2 is 1.48 bits per heavy atom. The zero-order valence-electron chi connectivity index (χ0n) is 11.8. The molecule has 21 heavy (non-hydrogen) atoms. The summed E-state index contributed by atoms with van der Waals surface area (Å²) in [6.07, 6.45) is -6.92. The van der Waals surface area contributed by atoms with Crippen molar-refractivity contribution in [3.63, 3.8) is 0 Å². The molecular weight excluding hydrogens is 288 g/mol. The lowest BCUT2D eigenvalue weighted by molar-refractivity contribution is -0.293. The van der Waals surface area contributed by atoms with Crippen LogP contribution in [0.2, 0.25) is 0 Å². The normalized spacial score (nSPS) is 32.1. The Bertz CT molecular complexity index is 408. The van der Waals surface area contributed by atoms with E-state index in [1.807, 2.05) is 0 Å². The predicted molar refractivity (Wildman–Crippen MR) is 64.6 cm³/mol. The molecule has 0 aromatic carbocycles. The van der Waals surface area contributed by atoms with E-state index in [2.05, 4.69) is 0 Å². The van der Waals surface area contributed by atoms with E-state index in [4.69, 9.17) is 18.9 Å². The highest BCUT2D eigenvalue weighted by Gasteiger charge is 2.49. The molecule has 0 aromatic rings.